The van der Waals surface area contributed by atoms with Gasteiger partial charge in [0.2, 0.25) is 0 Å². The summed E-state index contributed by atoms with van der Waals surface area (Å²) in [5.41, 5.74) is 3.65. The van der Waals surface area contributed by atoms with Crippen molar-refractivity contribution in [2.45, 2.75) is 39.7 Å². The van der Waals surface area contributed by atoms with Crippen LogP contribution in [0.1, 0.15) is 30.9 Å². The maximum absolute atomic E-state index is 5.42. The van der Waals surface area contributed by atoms with Gasteiger partial charge in [0.05, 0.1) is 19.6 Å². The number of likely N-dealkylation sites (tertiary alicyclic amines) is 1. The molecule has 0 aromatic heterocycles. The van der Waals surface area contributed by atoms with Crippen LogP contribution in [0.5, 0.6) is 0 Å². The molecule has 0 amide bonds. The van der Waals surface area contributed by atoms with E-state index in [1.54, 1.807) is 4.90 Å². The highest BCUT2D eigenvalue weighted by Crippen LogP contribution is 2.17. The summed E-state index contributed by atoms with van der Waals surface area (Å²) in [6, 6.07) is 6.97. The first kappa shape index (κ1) is 15.3. The first-order chi connectivity index (χ1) is 9.61. The predicted molar refractivity (Wildman–Crippen MR) is 89.5 cm³/mol. The molecule has 1 saturated heterocycles. The van der Waals surface area contributed by atoms with Gasteiger partial charge in [-0.3, -0.25) is 0 Å². The molecule has 2 rings (SSSR count). The van der Waals surface area contributed by atoms with Crippen LogP contribution >= 0.6 is 12.2 Å². The lowest BCUT2D eigenvalue weighted by atomic mass is 10.1. The molecule has 0 aliphatic carbocycles. The van der Waals surface area contributed by atoms with Crippen LogP contribution in [-0.4, -0.2) is 30.8 Å². The Bertz CT molecular complexity index is 473. The van der Waals surface area contributed by atoms with Crippen molar-refractivity contribution in [1.82, 2.24) is 5.32 Å². The van der Waals surface area contributed by atoms with Crippen molar-refractivity contribution in [1.29, 1.82) is 0 Å². The summed E-state index contributed by atoms with van der Waals surface area (Å²) in [5, 5.41) is 7.44. The highest BCUT2D eigenvalue weighted by molar-refractivity contribution is 7.80. The largest absolute Gasteiger partial charge is 0.356 e. The number of quaternary nitrogens is 1. The fourth-order valence-corrected chi connectivity index (χ4v) is 3.16. The van der Waals surface area contributed by atoms with E-state index in [0.29, 0.717) is 6.04 Å². The lowest BCUT2D eigenvalue weighted by Gasteiger charge is -2.21. The maximum Gasteiger partial charge on any atom is 0.171 e. The minimum absolute atomic E-state index is 0.707. The first-order valence-corrected chi connectivity index (χ1v) is 7.98. The van der Waals surface area contributed by atoms with E-state index >= 15 is 0 Å². The van der Waals surface area contributed by atoms with E-state index in [0.717, 1.165) is 17.3 Å². The summed E-state index contributed by atoms with van der Waals surface area (Å²) in [4.78, 5) is 1.70. The summed E-state index contributed by atoms with van der Waals surface area (Å²) in [6.45, 7) is 10.0. The fourth-order valence-electron chi connectivity index (χ4n) is 2.96. The average Bonchev–Trinajstić information content (AvgIpc) is 2.89. The molecule has 1 aliphatic rings. The van der Waals surface area contributed by atoms with E-state index in [1.807, 2.05) is 0 Å². The predicted octanol–water partition coefficient (Wildman–Crippen LogP) is 1.66. The summed E-state index contributed by atoms with van der Waals surface area (Å²) < 4.78 is 0. The zero-order chi connectivity index (χ0) is 14.5. The monoisotopic (exact) mass is 292 g/mol. The molecule has 110 valence electrons. The number of hydrogen-bond donors (Lipinski definition) is 3. The summed E-state index contributed by atoms with van der Waals surface area (Å²) >= 11 is 5.42. The number of aryl methyl sites for hydroxylation is 1. The van der Waals surface area contributed by atoms with Gasteiger partial charge in [0.1, 0.15) is 6.04 Å². The minimum Gasteiger partial charge on any atom is -0.356 e. The molecule has 1 aromatic carbocycles. The van der Waals surface area contributed by atoms with Crippen molar-refractivity contribution in [3.05, 3.63) is 29.3 Å². The molecule has 20 heavy (non-hydrogen) atoms. The van der Waals surface area contributed by atoms with Gasteiger partial charge in [-0.25, -0.2) is 0 Å². The summed E-state index contributed by atoms with van der Waals surface area (Å²) in [7, 11) is 0. The standard InChI is InChI=1S/C16H25N3S/c1-4-19-10-6-8-14(19)11-17-16(20)18-15-9-5-7-12(2)13(15)3/h5,7,9,14H,4,6,8,10-11H2,1-3H3,(H2,17,18,20)/p+1/t14-/m0/s1. The highest BCUT2D eigenvalue weighted by Gasteiger charge is 2.26. The maximum atomic E-state index is 5.42. The number of anilines is 1. The first-order valence-electron chi connectivity index (χ1n) is 7.57. The van der Waals surface area contributed by atoms with Gasteiger partial charge in [0, 0.05) is 18.5 Å². The second-order valence-electron chi connectivity index (χ2n) is 5.68. The number of benzene rings is 1. The Hall–Kier alpha value is -1.13. The molecule has 1 fully saturated rings. The summed E-state index contributed by atoms with van der Waals surface area (Å²) in [5.74, 6) is 0. The SMILES string of the molecule is CC[NH+]1CCC[C@H]1CNC(=S)Nc1cccc(C)c1C. The van der Waals surface area contributed by atoms with Crippen LogP contribution in [0.25, 0.3) is 0 Å². The Kier molecular flexibility index (Phi) is 5.38. The van der Waals surface area contributed by atoms with Gasteiger partial charge >= 0.3 is 0 Å². The fraction of sp³-hybridized carbons (Fsp3) is 0.562. The lowest BCUT2D eigenvalue weighted by molar-refractivity contribution is -0.909. The molecule has 4 heteroatoms. The quantitative estimate of drug-likeness (QED) is 0.737. The number of likely N-dealkylation sites (N-methyl/N-ethyl adjacent to an activating group) is 1. The van der Waals surface area contributed by atoms with Crippen molar-refractivity contribution in [3.8, 4) is 0 Å². The smallest absolute Gasteiger partial charge is 0.171 e. The van der Waals surface area contributed by atoms with Gasteiger partial charge in [0.15, 0.2) is 5.11 Å². The Morgan fingerprint density at radius 3 is 2.95 bits per heavy atom. The van der Waals surface area contributed by atoms with E-state index in [1.165, 1.54) is 37.1 Å². The van der Waals surface area contributed by atoms with Crippen LogP contribution in [-0.2, 0) is 0 Å². The third-order valence-corrected chi connectivity index (χ3v) is 4.69. The van der Waals surface area contributed by atoms with Crippen molar-refractivity contribution >= 4 is 23.0 Å². The van der Waals surface area contributed by atoms with Gasteiger partial charge in [-0.05, 0) is 50.2 Å². The molecule has 0 saturated carbocycles. The molecule has 0 radical (unpaired) electrons. The number of hydrogen-bond acceptors (Lipinski definition) is 1. The molecule has 1 heterocycles. The lowest BCUT2D eigenvalue weighted by Crippen LogP contribution is -3.14. The van der Waals surface area contributed by atoms with Crippen LogP contribution in [0.3, 0.4) is 0 Å². The van der Waals surface area contributed by atoms with Crippen LogP contribution in [0.4, 0.5) is 5.69 Å². The third-order valence-electron chi connectivity index (χ3n) is 4.44. The second-order valence-corrected chi connectivity index (χ2v) is 6.09. The van der Waals surface area contributed by atoms with Gasteiger partial charge in [-0.15, -0.1) is 0 Å². The minimum atomic E-state index is 0.707. The molecular weight excluding hydrogens is 266 g/mol. The van der Waals surface area contributed by atoms with E-state index < -0.39 is 0 Å². The van der Waals surface area contributed by atoms with Crippen molar-refractivity contribution in [3.63, 3.8) is 0 Å². The number of thiocarbonyl (C=S) groups is 1. The van der Waals surface area contributed by atoms with E-state index in [2.05, 4.69) is 49.6 Å². The molecule has 0 spiro atoms. The number of nitrogens with one attached hydrogen (secondary N) is 3. The zero-order valence-corrected chi connectivity index (χ0v) is 13.6. The molecule has 2 atom stereocenters. The van der Waals surface area contributed by atoms with E-state index in [9.17, 15) is 0 Å². The van der Waals surface area contributed by atoms with Crippen LogP contribution in [0.15, 0.2) is 18.2 Å². The molecule has 3 nitrogen and oxygen atoms in total. The molecule has 3 N–H and O–H groups in total. The van der Waals surface area contributed by atoms with Crippen LogP contribution in [0.2, 0.25) is 0 Å². The highest BCUT2D eigenvalue weighted by atomic mass is 32.1. The molecule has 0 bridgehead atoms. The Morgan fingerprint density at radius 2 is 2.20 bits per heavy atom. The topological polar surface area (TPSA) is 28.5 Å². The second kappa shape index (κ2) is 7.04. The van der Waals surface area contributed by atoms with Gasteiger partial charge in [-0.2, -0.15) is 0 Å². The Morgan fingerprint density at radius 1 is 1.40 bits per heavy atom. The zero-order valence-electron chi connectivity index (χ0n) is 12.8. The molecular formula is C16H26N3S+. The van der Waals surface area contributed by atoms with Gasteiger partial charge in [-0.1, -0.05) is 12.1 Å². The van der Waals surface area contributed by atoms with Crippen molar-refractivity contribution in [2.24, 2.45) is 0 Å². The Balaban J connectivity index is 1.85. The summed E-state index contributed by atoms with van der Waals surface area (Å²) in [6.07, 6.45) is 2.65. The normalized spacial score (nSPS) is 21.8. The average molecular weight is 292 g/mol. The van der Waals surface area contributed by atoms with Gasteiger partial charge in [0.25, 0.3) is 0 Å². The molecule has 1 aliphatic heterocycles. The molecule has 1 aromatic rings. The van der Waals surface area contributed by atoms with Crippen molar-refractivity contribution in [2.75, 3.05) is 25.0 Å². The van der Waals surface area contributed by atoms with E-state index in [4.69, 9.17) is 12.2 Å². The third kappa shape index (κ3) is 3.70. The Labute approximate surface area is 127 Å². The van der Waals surface area contributed by atoms with Crippen LogP contribution < -0.4 is 15.5 Å². The van der Waals surface area contributed by atoms with Crippen molar-refractivity contribution < 1.29 is 4.90 Å². The van der Waals surface area contributed by atoms with E-state index in [-0.39, 0.29) is 0 Å². The number of rotatable bonds is 4. The van der Waals surface area contributed by atoms with Gasteiger partial charge < -0.3 is 15.5 Å². The van der Waals surface area contributed by atoms with Crippen LogP contribution in [0, 0.1) is 13.8 Å². The molecule has 1 unspecified atom stereocenters.